The van der Waals surface area contributed by atoms with Crippen molar-refractivity contribution in [1.29, 1.82) is 0 Å². The van der Waals surface area contributed by atoms with Gasteiger partial charge in [0.05, 0.1) is 7.11 Å². The van der Waals surface area contributed by atoms with Crippen molar-refractivity contribution >= 4 is 11.6 Å². The van der Waals surface area contributed by atoms with E-state index in [4.69, 9.17) is 9.47 Å². The number of epoxide rings is 1. The maximum Gasteiger partial charge on any atom is 0.230 e. The number of carbonyl (C=O) groups is 2. The van der Waals surface area contributed by atoms with Crippen LogP contribution < -0.4 is 0 Å². The van der Waals surface area contributed by atoms with E-state index < -0.39 is 11.7 Å². The number of rotatable bonds is 2. The number of hydrogen-bond donors (Lipinski definition) is 0. The minimum Gasteiger partial charge on any atom is -0.493 e. The van der Waals surface area contributed by atoms with E-state index in [1.54, 1.807) is 19.1 Å². The number of ether oxygens (including phenoxy) is 2. The molecule has 2 atom stereocenters. The highest BCUT2D eigenvalue weighted by Gasteiger charge is 2.66. The second-order valence-electron chi connectivity index (χ2n) is 3.23. The highest BCUT2D eigenvalue weighted by molar-refractivity contribution is 6.18. The Labute approximate surface area is 81.2 Å². The lowest BCUT2D eigenvalue weighted by Gasteiger charge is -2.10. The van der Waals surface area contributed by atoms with E-state index >= 15 is 0 Å². The molecule has 0 N–H and O–H groups in total. The van der Waals surface area contributed by atoms with Gasteiger partial charge < -0.3 is 9.47 Å². The molecule has 0 bridgehead atoms. The minimum absolute atomic E-state index is 0.0811. The standard InChI is InChI=1S/C10H10O4/c1-3-4-10-7(11)5-6(13-2)8(12)9(10)14-10/h3-5,9H,1-2H3/b4-3-/t9-,10+/m0/s1. The second-order valence-corrected chi connectivity index (χ2v) is 3.23. The van der Waals surface area contributed by atoms with Crippen molar-refractivity contribution in [3.05, 3.63) is 24.0 Å². The smallest absolute Gasteiger partial charge is 0.230 e. The van der Waals surface area contributed by atoms with E-state index in [9.17, 15) is 9.59 Å². The highest BCUT2D eigenvalue weighted by atomic mass is 16.6. The summed E-state index contributed by atoms with van der Waals surface area (Å²) in [6, 6.07) is 0. The molecular formula is C10H10O4. The number of allylic oxidation sites excluding steroid dienone is 1. The van der Waals surface area contributed by atoms with Gasteiger partial charge in [-0.2, -0.15) is 0 Å². The molecule has 0 spiro atoms. The number of hydrogen-bond acceptors (Lipinski definition) is 4. The average Bonchev–Trinajstić information content (AvgIpc) is 2.89. The van der Waals surface area contributed by atoms with Gasteiger partial charge in [0, 0.05) is 6.08 Å². The van der Waals surface area contributed by atoms with Crippen molar-refractivity contribution in [2.24, 2.45) is 0 Å². The molecule has 0 amide bonds. The molecule has 0 radical (unpaired) electrons. The van der Waals surface area contributed by atoms with Crippen molar-refractivity contribution < 1.29 is 19.1 Å². The molecule has 1 heterocycles. The predicted octanol–water partition coefficient (Wildman–Crippen LogP) is 0.382. The SMILES string of the molecule is C/C=C\[C@]12O[C@H]1C(=O)C(OC)=CC2=O. The monoisotopic (exact) mass is 194 g/mol. The van der Waals surface area contributed by atoms with Crippen molar-refractivity contribution in [2.45, 2.75) is 18.6 Å². The minimum atomic E-state index is -1.02. The molecular weight excluding hydrogens is 184 g/mol. The first-order chi connectivity index (χ1) is 6.65. The van der Waals surface area contributed by atoms with Gasteiger partial charge in [0.2, 0.25) is 5.78 Å². The van der Waals surface area contributed by atoms with E-state index in [1.807, 2.05) is 0 Å². The summed E-state index contributed by atoms with van der Waals surface area (Å²) in [5.41, 5.74) is -1.02. The lowest BCUT2D eigenvalue weighted by atomic mass is 9.90. The zero-order valence-corrected chi connectivity index (χ0v) is 7.94. The van der Waals surface area contributed by atoms with Crippen LogP contribution in [0.5, 0.6) is 0 Å². The molecule has 1 saturated heterocycles. The molecule has 1 aliphatic carbocycles. The molecule has 2 rings (SSSR count). The van der Waals surface area contributed by atoms with Gasteiger partial charge in [-0.05, 0) is 13.0 Å². The third kappa shape index (κ3) is 0.974. The lowest BCUT2D eigenvalue weighted by Crippen LogP contribution is -2.33. The van der Waals surface area contributed by atoms with Crippen LogP contribution in [0, 0.1) is 0 Å². The summed E-state index contributed by atoms with van der Waals surface area (Å²) >= 11 is 0. The quantitative estimate of drug-likeness (QED) is 0.471. The fourth-order valence-corrected chi connectivity index (χ4v) is 1.64. The summed E-state index contributed by atoms with van der Waals surface area (Å²) < 4.78 is 9.93. The van der Waals surface area contributed by atoms with E-state index in [0.29, 0.717) is 0 Å². The molecule has 0 aromatic carbocycles. The van der Waals surface area contributed by atoms with Gasteiger partial charge in [-0.15, -0.1) is 0 Å². The average molecular weight is 194 g/mol. The van der Waals surface area contributed by atoms with Crippen LogP contribution in [0.4, 0.5) is 0 Å². The zero-order chi connectivity index (χ0) is 10.3. The number of Topliss-reactive ketones (excluding diaryl/α,β-unsaturated/α-hetero) is 1. The Morgan fingerprint density at radius 2 is 2.29 bits per heavy atom. The lowest BCUT2D eigenvalue weighted by molar-refractivity contribution is -0.123. The Balaban J connectivity index is 2.37. The third-order valence-corrected chi connectivity index (χ3v) is 2.41. The number of ketones is 2. The largest absolute Gasteiger partial charge is 0.493 e. The molecule has 2 aliphatic rings. The molecule has 4 nitrogen and oxygen atoms in total. The number of carbonyl (C=O) groups excluding carboxylic acids is 2. The Bertz CT molecular complexity index is 366. The topological polar surface area (TPSA) is 55.9 Å². The van der Waals surface area contributed by atoms with Crippen LogP contribution >= 0.6 is 0 Å². The Morgan fingerprint density at radius 3 is 2.86 bits per heavy atom. The maximum atomic E-state index is 11.6. The van der Waals surface area contributed by atoms with Crippen molar-refractivity contribution in [3.8, 4) is 0 Å². The Hall–Kier alpha value is -1.42. The fourth-order valence-electron chi connectivity index (χ4n) is 1.64. The summed E-state index contributed by atoms with van der Waals surface area (Å²) in [7, 11) is 1.36. The molecule has 74 valence electrons. The summed E-state index contributed by atoms with van der Waals surface area (Å²) in [6.45, 7) is 1.78. The van der Waals surface area contributed by atoms with Gasteiger partial charge in [-0.1, -0.05) is 6.08 Å². The summed E-state index contributed by atoms with van der Waals surface area (Å²) in [5.74, 6) is -0.403. The van der Waals surface area contributed by atoms with E-state index in [2.05, 4.69) is 0 Å². The zero-order valence-electron chi connectivity index (χ0n) is 7.94. The number of methoxy groups -OCH3 is 1. The summed E-state index contributed by atoms with van der Waals surface area (Å²) in [5, 5.41) is 0. The Morgan fingerprint density at radius 1 is 1.57 bits per heavy atom. The highest BCUT2D eigenvalue weighted by Crippen LogP contribution is 2.44. The molecule has 0 unspecified atom stereocenters. The van der Waals surface area contributed by atoms with Gasteiger partial charge in [-0.3, -0.25) is 9.59 Å². The number of fused-ring (bicyclic) bond motifs is 1. The van der Waals surface area contributed by atoms with E-state index in [0.717, 1.165) is 0 Å². The van der Waals surface area contributed by atoms with Gasteiger partial charge in [0.1, 0.15) is 0 Å². The van der Waals surface area contributed by atoms with Gasteiger partial charge >= 0.3 is 0 Å². The van der Waals surface area contributed by atoms with Crippen LogP contribution in [0.15, 0.2) is 24.0 Å². The first-order valence-corrected chi connectivity index (χ1v) is 4.31. The molecule has 0 aromatic rings. The maximum absolute atomic E-state index is 11.6. The molecule has 0 aromatic heterocycles. The molecule has 4 heteroatoms. The first kappa shape index (κ1) is 9.15. The first-order valence-electron chi connectivity index (χ1n) is 4.31. The summed E-state index contributed by atoms with van der Waals surface area (Å²) in [6.07, 6.45) is 3.84. The van der Waals surface area contributed by atoms with Crippen LogP contribution in [0.25, 0.3) is 0 Å². The van der Waals surface area contributed by atoms with Crippen molar-refractivity contribution in [3.63, 3.8) is 0 Å². The molecule has 0 saturated carbocycles. The fraction of sp³-hybridized carbons (Fsp3) is 0.400. The van der Waals surface area contributed by atoms with Gasteiger partial charge in [0.15, 0.2) is 23.2 Å². The summed E-state index contributed by atoms with van der Waals surface area (Å²) in [4.78, 5) is 23.1. The van der Waals surface area contributed by atoms with Crippen LogP contribution in [-0.2, 0) is 19.1 Å². The van der Waals surface area contributed by atoms with Crippen molar-refractivity contribution in [1.82, 2.24) is 0 Å². The van der Waals surface area contributed by atoms with Gasteiger partial charge in [-0.25, -0.2) is 0 Å². The van der Waals surface area contributed by atoms with Crippen LogP contribution in [0.1, 0.15) is 6.92 Å². The van der Waals surface area contributed by atoms with Crippen molar-refractivity contribution in [2.75, 3.05) is 7.11 Å². The van der Waals surface area contributed by atoms with Crippen LogP contribution in [-0.4, -0.2) is 30.4 Å². The second kappa shape index (κ2) is 2.78. The molecule has 1 fully saturated rings. The van der Waals surface area contributed by atoms with Crippen LogP contribution in [0.3, 0.4) is 0 Å². The predicted molar refractivity (Wildman–Crippen MR) is 47.5 cm³/mol. The third-order valence-electron chi connectivity index (χ3n) is 2.41. The molecule has 14 heavy (non-hydrogen) atoms. The van der Waals surface area contributed by atoms with E-state index in [1.165, 1.54) is 13.2 Å². The van der Waals surface area contributed by atoms with Gasteiger partial charge in [0.25, 0.3) is 0 Å². The Kier molecular flexibility index (Phi) is 1.82. The normalized spacial score (nSPS) is 35.6. The van der Waals surface area contributed by atoms with E-state index in [-0.39, 0.29) is 17.3 Å². The van der Waals surface area contributed by atoms with Crippen LogP contribution in [0.2, 0.25) is 0 Å². The molecule has 1 aliphatic heterocycles.